The molecule has 1 aromatic heterocycles. The van der Waals surface area contributed by atoms with E-state index in [4.69, 9.17) is 5.10 Å². The molecule has 0 fully saturated rings. The molecule has 0 bridgehead atoms. The van der Waals surface area contributed by atoms with Crippen molar-refractivity contribution in [2.24, 2.45) is 0 Å². The number of hydrogen-bond acceptors (Lipinski definition) is 4. The van der Waals surface area contributed by atoms with Crippen molar-refractivity contribution >= 4 is 33.8 Å². The monoisotopic (exact) mass is 548 g/mol. The van der Waals surface area contributed by atoms with Gasteiger partial charge in [0.05, 0.1) is 17.9 Å². The first-order valence-corrected chi connectivity index (χ1v) is 12.4. The van der Waals surface area contributed by atoms with Crippen LogP contribution in [0.25, 0.3) is 23.0 Å². The third-order valence-corrected chi connectivity index (χ3v) is 6.72. The number of hydrogen-bond donors (Lipinski definition) is 0. The number of halogens is 1. The van der Waals surface area contributed by atoms with Crippen molar-refractivity contribution in [3.8, 4) is 23.0 Å². The van der Waals surface area contributed by atoms with E-state index >= 15 is 0 Å². The highest BCUT2D eigenvalue weighted by Crippen LogP contribution is 2.32. The zero-order valence-electron chi connectivity index (χ0n) is 19.9. The molecule has 0 saturated heterocycles. The van der Waals surface area contributed by atoms with Crippen LogP contribution in [0.15, 0.2) is 112 Å². The van der Waals surface area contributed by atoms with Gasteiger partial charge >= 0.3 is 0 Å². The number of para-hydroxylation sites is 1. The summed E-state index contributed by atoms with van der Waals surface area (Å²) in [4.78, 5) is 27.8. The van der Waals surface area contributed by atoms with Crippen LogP contribution in [0.5, 0.6) is 0 Å². The molecule has 0 atom stereocenters. The van der Waals surface area contributed by atoms with E-state index in [0.717, 1.165) is 26.2 Å². The minimum absolute atomic E-state index is 0.0394. The summed E-state index contributed by atoms with van der Waals surface area (Å²) < 4.78 is 2.70. The van der Waals surface area contributed by atoms with E-state index in [2.05, 4.69) is 15.9 Å². The van der Waals surface area contributed by atoms with E-state index in [1.54, 1.807) is 17.7 Å². The predicted molar refractivity (Wildman–Crippen MR) is 145 cm³/mol. The highest BCUT2D eigenvalue weighted by molar-refractivity contribution is 9.10. The van der Waals surface area contributed by atoms with Crippen LogP contribution in [0, 0.1) is 11.3 Å². The molecule has 0 spiro atoms. The number of imide groups is 1. The van der Waals surface area contributed by atoms with Crippen LogP contribution in [-0.4, -0.2) is 26.5 Å². The molecule has 0 saturated carbocycles. The van der Waals surface area contributed by atoms with Crippen LogP contribution in [0.1, 0.15) is 18.1 Å². The summed E-state index contributed by atoms with van der Waals surface area (Å²) in [6, 6.07) is 28.7. The number of rotatable bonds is 5. The summed E-state index contributed by atoms with van der Waals surface area (Å²) in [6.45, 7) is 1.72. The normalized spacial score (nSPS) is 14.8. The van der Waals surface area contributed by atoms with Crippen LogP contribution in [0.3, 0.4) is 0 Å². The lowest BCUT2D eigenvalue weighted by Crippen LogP contribution is -2.42. The van der Waals surface area contributed by atoms with Gasteiger partial charge in [0.1, 0.15) is 11.6 Å². The number of nitriles is 1. The Morgan fingerprint density at radius 3 is 2.22 bits per heavy atom. The van der Waals surface area contributed by atoms with Crippen LogP contribution in [0.2, 0.25) is 0 Å². The van der Waals surface area contributed by atoms with Gasteiger partial charge in [0, 0.05) is 27.4 Å². The van der Waals surface area contributed by atoms with Gasteiger partial charge in [-0.1, -0.05) is 76.6 Å². The fourth-order valence-electron chi connectivity index (χ4n) is 4.23. The second kappa shape index (κ2) is 10.2. The maximum atomic E-state index is 13.6. The lowest BCUT2D eigenvalue weighted by molar-refractivity contribution is -0.141. The van der Waals surface area contributed by atoms with Gasteiger partial charge < -0.3 is 0 Å². The highest BCUT2D eigenvalue weighted by atomic mass is 79.9. The molecule has 4 aromatic rings. The Morgan fingerprint density at radius 1 is 0.919 bits per heavy atom. The second-order valence-electron chi connectivity index (χ2n) is 8.57. The Labute approximate surface area is 222 Å². The smallest absolute Gasteiger partial charge is 0.269 e. The highest BCUT2D eigenvalue weighted by Gasteiger charge is 2.35. The topological polar surface area (TPSA) is 79.0 Å². The van der Waals surface area contributed by atoms with E-state index in [1.807, 2.05) is 97.2 Å². The summed E-state index contributed by atoms with van der Waals surface area (Å²) in [5, 5.41) is 14.6. The van der Waals surface area contributed by atoms with Crippen molar-refractivity contribution < 1.29 is 9.59 Å². The Morgan fingerprint density at radius 2 is 1.57 bits per heavy atom. The van der Waals surface area contributed by atoms with Gasteiger partial charge in [-0.2, -0.15) is 10.4 Å². The molecule has 37 heavy (non-hydrogen) atoms. The molecular weight excluding hydrogens is 528 g/mol. The molecule has 0 N–H and O–H groups in total. The number of amides is 2. The quantitative estimate of drug-likeness (QED) is 0.223. The Balaban J connectivity index is 1.65. The molecule has 0 aliphatic carbocycles. The number of carbonyl (C=O) groups is 2. The molecular formula is C30H21BrN4O2. The predicted octanol–water partition coefficient (Wildman–Crippen LogP) is 6.09. The van der Waals surface area contributed by atoms with Crippen LogP contribution in [0.4, 0.5) is 0 Å². The minimum Gasteiger partial charge on any atom is -0.269 e. The Hall–Kier alpha value is -4.54. The maximum absolute atomic E-state index is 13.6. The molecule has 7 heteroatoms. The molecule has 1 aliphatic rings. The van der Waals surface area contributed by atoms with Crippen LogP contribution < -0.4 is 0 Å². The average molecular weight is 549 g/mol. The Bertz CT molecular complexity index is 1600. The number of aromatic nitrogens is 2. The summed E-state index contributed by atoms with van der Waals surface area (Å²) in [7, 11) is 0. The van der Waals surface area contributed by atoms with Crippen molar-refractivity contribution in [1.29, 1.82) is 5.26 Å². The fraction of sp³-hybridized carbons (Fsp3) is 0.0667. The maximum Gasteiger partial charge on any atom is 0.271 e. The minimum atomic E-state index is -0.584. The second-order valence-corrected chi connectivity index (χ2v) is 9.49. The first-order valence-electron chi connectivity index (χ1n) is 11.6. The van der Waals surface area contributed by atoms with Crippen molar-refractivity contribution in [3.63, 3.8) is 0 Å². The van der Waals surface area contributed by atoms with Crippen molar-refractivity contribution in [1.82, 2.24) is 14.7 Å². The van der Waals surface area contributed by atoms with Crippen molar-refractivity contribution in [2.45, 2.75) is 13.5 Å². The largest absolute Gasteiger partial charge is 0.271 e. The average Bonchev–Trinajstić information content (AvgIpc) is 3.35. The van der Waals surface area contributed by atoms with Gasteiger partial charge in [-0.15, -0.1) is 0 Å². The van der Waals surface area contributed by atoms with Gasteiger partial charge in [-0.25, -0.2) is 4.68 Å². The fourth-order valence-corrected chi connectivity index (χ4v) is 4.50. The SMILES string of the molecule is CC1=C(C#N)C(=O)N(Cc2ccccc2)C(=O)/C1=C/c1cn(-c2ccccc2)nc1-c1ccc(Br)cc1. The van der Waals surface area contributed by atoms with Gasteiger partial charge in [-0.3, -0.25) is 14.5 Å². The zero-order chi connectivity index (χ0) is 25.9. The number of benzene rings is 3. The molecule has 1 aliphatic heterocycles. The molecule has 2 amide bonds. The first-order chi connectivity index (χ1) is 18.0. The van der Waals surface area contributed by atoms with Gasteiger partial charge in [-0.05, 0) is 48.4 Å². The molecule has 180 valence electrons. The van der Waals surface area contributed by atoms with Crippen molar-refractivity contribution in [3.05, 3.63) is 123 Å². The van der Waals surface area contributed by atoms with Gasteiger partial charge in [0.2, 0.25) is 0 Å². The summed E-state index contributed by atoms with van der Waals surface area (Å²) in [5.41, 5.74) is 4.51. The lowest BCUT2D eigenvalue weighted by atomic mass is 9.93. The Kier molecular flexibility index (Phi) is 6.67. The van der Waals surface area contributed by atoms with E-state index in [9.17, 15) is 14.9 Å². The van der Waals surface area contributed by atoms with E-state index in [0.29, 0.717) is 16.8 Å². The van der Waals surface area contributed by atoms with E-state index < -0.39 is 11.8 Å². The third kappa shape index (κ3) is 4.80. The molecule has 6 nitrogen and oxygen atoms in total. The van der Waals surface area contributed by atoms with E-state index in [-0.39, 0.29) is 17.7 Å². The van der Waals surface area contributed by atoms with Gasteiger partial charge in [0.15, 0.2) is 0 Å². The molecule has 2 heterocycles. The molecule has 5 rings (SSSR count). The van der Waals surface area contributed by atoms with Gasteiger partial charge in [0.25, 0.3) is 11.8 Å². The summed E-state index contributed by atoms with van der Waals surface area (Å²) >= 11 is 3.47. The van der Waals surface area contributed by atoms with Crippen molar-refractivity contribution in [2.75, 3.05) is 0 Å². The van der Waals surface area contributed by atoms with Crippen LogP contribution in [-0.2, 0) is 16.1 Å². The number of carbonyl (C=O) groups excluding carboxylic acids is 2. The molecule has 0 unspecified atom stereocenters. The number of nitrogens with zero attached hydrogens (tertiary/aromatic N) is 4. The summed E-state index contributed by atoms with van der Waals surface area (Å²) in [6.07, 6.45) is 3.58. The first kappa shape index (κ1) is 24.2. The summed E-state index contributed by atoms with van der Waals surface area (Å²) in [5.74, 6) is -1.03. The standard InChI is InChI=1S/C30H21BrN4O2/c1-20-26(29(36)34(30(37)27(20)17-32)18-21-8-4-2-5-9-21)16-23-19-35(25-10-6-3-7-11-25)33-28(23)22-12-14-24(31)15-13-22/h2-16,19H,18H2,1H3/b26-16+. The zero-order valence-corrected chi connectivity index (χ0v) is 21.5. The molecule has 0 radical (unpaired) electrons. The molecule has 3 aromatic carbocycles. The third-order valence-electron chi connectivity index (χ3n) is 6.19. The van der Waals surface area contributed by atoms with E-state index in [1.165, 1.54) is 0 Å². The van der Waals surface area contributed by atoms with Crippen LogP contribution >= 0.6 is 15.9 Å². The lowest BCUT2D eigenvalue weighted by Gasteiger charge is -2.27.